The summed E-state index contributed by atoms with van der Waals surface area (Å²) in [6.45, 7) is 2.57. The lowest BCUT2D eigenvalue weighted by Gasteiger charge is -2.39. The third-order valence-corrected chi connectivity index (χ3v) is 5.25. The van der Waals surface area contributed by atoms with Gasteiger partial charge in [0.05, 0.1) is 30.0 Å². The highest BCUT2D eigenvalue weighted by molar-refractivity contribution is 5.83. The summed E-state index contributed by atoms with van der Waals surface area (Å²) in [6, 6.07) is 6.18. The first-order valence-electron chi connectivity index (χ1n) is 9.35. The van der Waals surface area contributed by atoms with E-state index in [0.29, 0.717) is 29.2 Å². The van der Waals surface area contributed by atoms with Crippen molar-refractivity contribution in [1.29, 1.82) is 5.26 Å². The van der Waals surface area contributed by atoms with Gasteiger partial charge in [-0.05, 0) is 18.7 Å². The standard InChI is InChI=1S/C20H19N9/c1-27-11-16(8-24-27)17-12-29-20(15(5-22)7-25-29)19(26-17)14-2-3-18(23-6-14)28-9-13(4-21)10-28/h2-3,6-8,11-13H,4,9-10,21H2,1H3. The van der Waals surface area contributed by atoms with E-state index in [1.165, 1.54) is 0 Å². The van der Waals surface area contributed by atoms with Crippen molar-refractivity contribution in [3.05, 3.63) is 48.7 Å². The summed E-state index contributed by atoms with van der Waals surface area (Å²) in [5.74, 6) is 1.46. The molecule has 1 aliphatic rings. The van der Waals surface area contributed by atoms with Crippen molar-refractivity contribution in [3.63, 3.8) is 0 Å². The fourth-order valence-electron chi connectivity index (χ4n) is 3.61. The van der Waals surface area contributed by atoms with Crippen molar-refractivity contribution in [1.82, 2.24) is 29.4 Å². The second-order valence-electron chi connectivity index (χ2n) is 7.25. The summed E-state index contributed by atoms with van der Waals surface area (Å²) in [4.78, 5) is 11.7. The Labute approximate surface area is 167 Å². The van der Waals surface area contributed by atoms with Gasteiger partial charge in [-0.15, -0.1) is 0 Å². The summed E-state index contributed by atoms with van der Waals surface area (Å²) in [5, 5.41) is 18.1. The molecule has 0 bridgehead atoms. The average molecular weight is 385 g/mol. The number of rotatable bonds is 4. The number of fused-ring (bicyclic) bond motifs is 1. The van der Waals surface area contributed by atoms with Crippen LogP contribution in [0.3, 0.4) is 0 Å². The van der Waals surface area contributed by atoms with Crippen LogP contribution in [0.1, 0.15) is 5.56 Å². The number of aromatic nitrogens is 6. The lowest BCUT2D eigenvalue weighted by atomic mass is 10.0. The Morgan fingerprint density at radius 1 is 1.14 bits per heavy atom. The lowest BCUT2D eigenvalue weighted by Crippen LogP contribution is -2.50. The predicted molar refractivity (Wildman–Crippen MR) is 108 cm³/mol. The molecule has 1 saturated heterocycles. The van der Waals surface area contributed by atoms with Crippen molar-refractivity contribution in [2.75, 3.05) is 24.5 Å². The maximum atomic E-state index is 9.51. The van der Waals surface area contributed by atoms with Crippen molar-refractivity contribution in [2.24, 2.45) is 18.7 Å². The highest BCUT2D eigenvalue weighted by Gasteiger charge is 2.26. The zero-order valence-electron chi connectivity index (χ0n) is 15.9. The van der Waals surface area contributed by atoms with Crippen LogP contribution in [-0.2, 0) is 7.05 Å². The summed E-state index contributed by atoms with van der Waals surface area (Å²) in [7, 11) is 1.86. The minimum Gasteiger partial charge on any atom is -0.356 e. The topological polar surface area (TPSA) is 114 Å². The lowest BCUT2D eigenvalue weighted by molar-refractivity contribution is 0.417. The van der Waals surface area contributed by atoms with Gasteiger partial charge in [0, 0.05) is 49.6 Å². The molecule has 0 aliphatic carbocycles. The molecule has 1 fully saturated rings. The first-order chi connectivity index (χ1) is 14.2. The molecule has 5 rings (SSSR count). The zero-order valence-corrected chi connectivity index (χ0v) is 15.9. The van der Waals surface area contributed by atoms with Crippen LogP contribution in [0.4, 0.5) is 5.82 Å². The van der Waals surface area contributed by atoms with Crippen molar-refractivity contribution >= 4 is 11.3 Å². The monoisotopic (exact) mass is 385 g/mol. The molecule has 9 nitrogen and oxygen atoms in total. The molecule has 5 heterocycles. The van der Waals surface area contributed by atoms with Crippen LogP contribution in [-0.4, -0.2) is 49.0 Å². The second-order valence-corrected chi connectivity index (χ2v) is 7.25. The van der Waals surface area contributed by atoms with Crippen LogP contribution >= 0.6 is 0 Å². The molecule has 4 aromatic heterocycles. The van der Waals surface area contributed by atoms with E-state index in [1.807, 2.05) is 31.6 Å². The molecule has 9 heteroatoms. The Kier molecular flexibility index (Phi) is 4.00. The summed E-state index contributed by atoms with van der Waals surface area (Å²) >= 11 is 0. The fraction of sp³-hybridized carbons (Fsp3) is 0.250. The van der Waals surface area contributed by atoms with Crippen LogP contribution in [0.15, 0.2) is 43.1 Å². The van der Waals surface area contributed by atoms with E-state index in [1.54, 1.807) is 27.8 Å². The third-order valence-electron chi connectivity index (χ3n) is 5.25. The number of nitriles is 1. The van der Waals surface area contributed by atoms with E-state index in [0.717, 1.165) is 35.7 Å². The van der Waals surface area contributed by atoms with E-state index >= 15 is 0 Å². The Bertz CT molecular complexity index is 1220. The highest BCUT2D eigenvalue weighted by Crippen LogP contribution is 2.30. The van der Waals surface area contributed by atoms with Crippen LogP contribution in [0.2, 0.25) is 0 Å². The van der Waals surface area contributed by atoms with Gasteiger partial charge in [-0.3, -0.25) is 4.68 Å². The van der Waals surface area contributed by atoms with Gasteiger partial charge in [-0.1, -0.05) is 0 Å². The van der Waals surface area contributed by atoms with E-state index in [9.17, 15) is 5.26 Å². The predicted octanol–water partition coefficient (Wildman–Crippen LogP) is 1.46. The maximum absolute atomic E-state index is 9.51. The second kappa shape index (κ2) is 6.68. The molecule has 0 radical (unpaired) electrons. The van der Waals surface area contributed by atoms with Gasteiger partial charge < -0.3 is 10.6 Å². The maximum Gasteiger partial charge on any atom is 0.128 e. The van der Waals surface area contributed by atoms with E-state index in [-0.39, 0.29) is 0 Å². The molecule has 29 heavy (non-hydrogen) atoms. The number of pyridine rings is 1. The smallest absolute Gasteiger partial charge is 0.128 e. The van der Waals surface area contributed by atoms with Gasteiger partial charge >= 0.3 is 0 Å². The molecule has 2 N–H and O–H groups in total. The van der Waals surface area contributed by atoms with Gasteiger partial charge in [0.25, 0.3) is 0 Å². The molecule has 0 atom stereocenters. The Morgan fingerprint density at radius 3 is 2.66 bits per heavy atom. The van der Waals surface area contributed by atoms with E-state index in [2.05, 4.69) is 26.2 Å². The summed E-state index contributed by atoms with van der Waals surface area (Å²) < 4.78 is 3.42. The van der Waals surface area contributed by atoms with Gasteiger partial charge in [0.15, 0.2) is 0 Å². The minimum absolute atomic E-state index is 0.475. The molecule has 0 spiro atoms. The van der Waals surface area contributed by atoms with Crippen molar-refractivity contribution in [3.8, 4) is 28.6 Å². The number of hydrogen-bond donors (Lipinski definition) is 1. The van der Waals surface area contributed by atoms with E-state index in [4.69, 9.17) is 10.7 Å². The number of aryl methyl sites for hydroxylation is 1. The SMILES string of the molecule is Cn1cc(-c2cn3ncc(C#N)c3c(-c3ccc(N4CC(CN)C4)nc3)n2)cn1. The fourth-order valence-corrected chi connectivity index (χ4v) is 3.61. The first kappa shape index (κ1) is 17.3. The van der Waals surface area contributed by atoms with Crippen molar-refractivity contribution in [2.45, 2.75) is 0 Å². The minimum atomic E-state index is 0.475. The van der Waals surface area contributed by atoms with Crippen molar-refractivity contribution < 1.29 is 0 Å². The molecule has 4 aromatic rings. The Balaban J connectivity index is 1.59. The molecule has 144 valence electrons. The Morgan fingerprint density at radius 2 is 2.00 bits per heavy atom. The van der Waals surface area contributed by atoms with Crippen LogP contribution < -0.4 is 10.6 Å². The van der Waals surface area contributed by atoms with Gasteiger partial charge in [-0.25, -0.2) is 14.5 Å². The third kappa shape index (κ3) is 2.90. The normalized spacial score (nSPS) is 14.2. The summed E-state index contributed by atoms with van der Waals surface area (Å²) in [5.41, 5.74) is 9.96. The number of hydrogen-bond acceptors (Lipinski definition) is 7. The molecule has 0 aromatic carbocycles. The van der Waals surface area contributed by atoms with Gasteiger partial charge in [0.1, 0.15) is 23.0 Å². The molecule has 1 aliphatic heterocycles. The molecule has 0 saturated carbocycles. The van der Waals surface area contributed by atoms with Crippen LogP contribution in [0, 0.1) is 17.2 Å². The Hall–Kier alpha value is -3.77. The van der Waals surface area contributed by atoms with Gasteiger partial charge in [-0.2, -0.15) is 15.5 Å². The average Bonchev–Trinajstić information content (AvgIpc) is 3.33. The van der Waals surface area contributed by atoms with Crippen LogP contribution in [0.5, 0.6) is 0 Å². The molecule has 0 amide bonds. The number of nitrogens with two attached hydrogens (primary N) is 1. The number of anilines is 1. The molecule has 0 unspecified atom stereocenters. The summed E-state index contributed by atoms with van der Waals surface area (Å²) in [6.07, 6.45) is 8.82. The van der Waals surface area contributed by atoms with Gasteiger partial charge in [0.2, 0.25) is 0 Å². The zero-order chi connectivity index (χ0) is 20.0. The largest absolute Gasteiger partial charge is 0.356 e. The molecular formula is C20H19N9. The first-order valence-corrected chi connectivity index (χ1v) is 9.35. The highest BCUT2D eigenvalue weighted by atomic mass is 15.3. The van der Waals surface area contributed by atoms with E-state index < -0.39 is 0 Å². The number of nitrogens with zero attached hydrogens (tertiary/aromatic N) is 8. The van der Waals surface area contributed by atoms with Crippen LogP contribution in [0.25, 0.3) is 28.0 Å². The quantitative estimate of drug-likeness (QED) is 0.565. The molecular weight excluding hydrogens is 366 g/mol.